The summed E-state index contributed by atoms with van der Waals surface area (Å²) in [5, 5.41) is 2.52. The van der Waals surface area contributed by atoms with Crippen LogP contribution in [0.3, 0.4) is 0 Å². The Morgan fingerprint density at radius 3 is 3.33 bits per heavy atom. The van der Waals surface area contributed by atoms with Crippen LogP contribution in [0, 0.1) is 0 Å². The molecule has 80 valence electrons. The molecule has 1 aromatic rings. The van der Waals surface area contributed by atoms with Crippen LogP contribution in [-0.4, -0.2) is 25.6 Å². The Morgan fingerprint density at radius 2 is 2.47 bits per heavy atom. The highest BCUT2D eigenvalue weighted by Crippen LogP contribution is 2.32. The predicted octanol–water partition coefficient (Wildman–Crippen LogP) is 1.21. The van der Waals surface area contributed by atoms with E-state index in [9.17, 15) is 4.79 Å². The molecule has 1 unspecified atom stereocenters. The lowest BCUT2D eigenvalue weighted by Gasteiger charge is -2.02. The van der Waals surface area contributed by atoms with Gasteiger partial charge in [-0.2, -0.15) is 0 Å². The summed E-state index contributed by atoms with van der Waals surface area (Å²) in [4.78, 5) is 11.8. The third kappa shape index (κ3) is 2.10. The molecule has 2 rings (SSSR count). The normalized spacial score (nSPS) is 18.1. The van der Waals surface area contributed by atoms with Crippen molar-refractivity contribution in [1.29, 1.82) is 0 Å². The van der Waals surface area contributed by atoms with Crippen molar-refractivity contribution >= 4 is 5.78 Å². The molecule has 0 aliphatic carbocycles. The maximum Gasteiger partial charge on any atom is 0.231 e. The second-order valence-corrected chi connectivity index (χ2v) is 3.04. The summed E-state index contributed by atoms with van der Waals surface area (Å²) in [6.07, 6.45) is 0. The lowest BCUT2D eigenvalue weighted by molar-refractivity contribution is 0.0991. The van der Waals surface area contributed by atoms with Crippen molar-refractivity contribution in [1.82, 2.24) is 5.32 Å². The van der Waals surface area contributed by atoms with Crippen LogP contribution in [0.15, 0.2) is 18.2 Å². The number of hydrogen-bond acceptors (Lipinski definition) is 4. The summed E-state index contributed by atoms with van der Waals surface area (Å²) in [5.41, 5.74) is 0.450. The van der Waals surface area contributed by atoms with E-state index in [1.165, 1.54) is 0 Å². The summed E-state index contributed by atoms with van der Waals surface area (Å²) in [7, 11) is 0. The van der Waals surface area contributed by atoms with Crippen molar-refractivity contribution in [3.05, 3.63) is 23.8 Å². The number of carbonyl (C=O) groups excluding carboxylic acids is 1. The third-order valence-corrected chi connectivity index (χ3v) is 2.08. The Labute approximate surface area is 92.4 Å². The lowest BCUT2D eigenvalue weighted by atomic mass is 10.1. The average Bonchev–Trinajstić information content (AvgIpc) is 2.82. The van der Waals surface area contributed by atoms with Gasteiger partial charge in [0.25, 0.3) is 0 Å². The Kier molecular flexibility index (Phi) is 1.97. The van der Waals surface area contributed by atoms with E-state index in [2.05, 4.69) is 5.32 Å². The smallest absolute Gasteiger partial charge is 0.231 e. The monoisotopic (exact) mass is 210 g/mol. The topological polar surface area (TPSA) is 47.6 Å². The van der Waals surface area contributed by atoms with Crippen LogP contribution in [0.25, 0.3) is 0 Å². The number of hydrogen-bond donors (Lipinski definition) is 1. The van der Waals surface area contributed by atoms with Gasteiger partial charge in [0.2, 0.25) is 6.79 Å². The maximum atomic E-state index is 11.8. The van der Waals surface area contributed by atoms with Crippen LogP contribution in [0.1, 0.15) is 21.3 Å². The number of ketones is 1. The van der Waals surface area contributed by atoms with Crippen LogP contribution in [0.4, 0.5) is 0 Å². The standard InChI is InChI=1S/C11H13NO3/c1-2-12-6-9(13)8-3-4-10-11(5-8)15-7-14-10/h3-5,12H,2,6-7H2,1H3/i1D2,2D. The van der Waals surface area contributed by atoms with Gasteiger partial charge in [-0.05, 0) is 24.7 Å². The van der Waals surface area contributed by atoms with E-state index in [-0.39, 0.29) is 19.1 Å². The number of likely N-dealkylation sites (N-methyl/N-ethyl adjacent to an activating group) is 1. The van der Waals surface area contributed by atoms with E-state index < -0.39 is 13.4 Å². The predicted molar refractivity (Wildman–Crippen MR) is 55.4 cm³/mol. The molecule has 0 saturated heterocycles. The molecule has 0 fully saturated rings. The molecule has 0 aromatic heterocycles. The number of ether oxygens (including phenoxy) is 2. The highest BCUT2D eigenvalue weighted by molar-refractivity contribution is 5.98. The van der Waals surface area contributed by atoms with Gasteiger partial charge in [0, 0.05) is 9.68 Å². The van der Waals surface area contributed by atoms with Gasteiger partial charge in [-0.3, -0.25) is 4.79 Å². The van der Waals surface area contributed by atoms with E-state index in [1.807, 2.05) is 0 Å². The second kappa shape index (κ2) is 4.31. The summed E-state index contributed by atoms with van der Waals surface area (Å²) >= 11 is 0. The van der Waals surface area contributed by atoms with Gasteiger partial charge in [0.05, 0.1) is 6.54 Å². The van der Waals surface area contributed by atoms with E-state index >= 15 is 0 Å². The SMILES string of the molecule is [2H]C([2H])C([2H])NCC(=O)c1ccc2c(c1)OCO2. The number of Topliss-reactive ketones (excluding diaryl/α,β-unsaturated/α-hetero) is 1. The van der Waals surface area contributed by atoms with Crippen molar-refractivity contribution in [2.75, 3.05) is 19.9 Å². The summed E-state index contributed by atoms with van der Waals surface area (Å²) in [6.45, 7) is -2.35. The van der Waals surface area contributed by atoms with Crippen LogP contribution >= 0.6 is 0 Å². The summed E-state index contributed by atoms with van der Waals surface area (Å²) in [5.74, 6) is 0.920. The fourth-order valence-corrected chi connectivity index (χ4v) is 1.32. The minimum atomic E-state index is -1.32. The third-order valence-electron chi connectivity index (χ3n) is 2.08. The van der Waals surface area contributed by atoms with Crippen molar-refractivity contribution in [2.24, 2.45) is 0 Å². The van der Waals surface area contributed by atoms with Crippen LogP contribution in [-0.2, 0) is 0 Å². The zero-order chi connectivity index (χ0) is 13.1. The number of rotatable bonds is 4. The molecular weight excluding hydrogens is 194 g/mol. The van der Waals surface area contributed by atoms with Crippen LogP contribution in [0.5, 0.6) is 11.5 Å². The second-order valence-electron chi connectivity index (χ2n) is 3.04. The number of fused-ring (bicyclic) bond motifs is 1. The zero-order valence-corrected chi connectivity index (χ0v) is 8.03. The fraction of sp³-hybridized carbons (Fsp3) is 0.364. The number of nitrogens with one attached hydrogen (secondary N) is 1. The fourth-order valence-electron chi connectivity index (χ4n) is 1.32. The first kappa shape index (κ1) is 6.85. The lowest BCUT2D eigenvalue weighted by Crippen LogP contribution is -2.22. The van der Waals surface area contributed by atoms with Gasteiger partial charge in [0.15, 0.2) is 17.3 Å². The van der Waals surface area contributed by atoms with Crippen molar-refractivity contribution < 1.29 is 18.4 Å². The highest BCUT2D eigenvalue weighted by Gasteiger charge is 2.15. The van der Waals surface area contributed by atoms with Gasteiger partial charge >= 0.3 is 0 Å². The first-order chi connectivity index (χ1) is 8.58. The minimum Gasteiger partial charge on any atom is -0.454 e. The molecule has 1 atom stereocenters. The first-order valence-electron chi connectivity index (χ1n) is 6.24. The molecule has 0 amide bonds. The molecule has 0 bridgehead atoms. The molecule has 1 heterocycles. The molecular formula is C11H13NO3. The molecule has 0 radical (unpaired) electrons. The molecule has 1 aliphatic rings. The zero-order valence-electron chi connectivity index (χ0n) is 11.0. The van der Waals surface area contributed by atoms with Crippen molar-refractivity contribution in [3.8, 4) is 11.5 Å². The van der Waals surface area contributed by atoms with Crippen LogP contribution in [0.2, 0.25) is 0 Å². The summed E-state index contributed by atoms with van der Waals surface area (Å²) < 4.78 is 31.6. The molecule has 4 nitrogen and oxygen atoms in total. The summed E-state index contributed by atoms with van der Waals surface area (Å²) in [6, 6.07) is 4.87. The van der Waals surface area contributed by atoms with Crippen molar-refractivity contribution in [2.45, 2.75) is 6.88 Å². The minimum absolute atomic E-state index is 0.0813. The molecule has 1 aliphatic heterocycles. The van der Waals surface area contributed by atoms with Gasteiger partial charge in [-0.1, -0.05) is 6.88 Å². The Hall–Kier alpha value is -1.55. The molecule has 4 heteroatoms. The first-order valence-corrected chi connectivity index (χ1v) is 4.51. The van der Waals surface area contributed by atoms with E-state index in [0.29, 0.717) is 17.1 Å². The van der Waals surface area contributed by atoms with Gasteiger partial charge in [0.1, 0.15) is 0 Å². The molecule has 0 spiro atoms. The number of carbonyl (C=O) groups is 1. The molecule has 0 saturated carbocycles. The largest absolute Gasteiger partial charge is 0.454 e. The Bertz CT molecular complexity index is 453. The molecule has 1 N–H and O–H groups in total. The Morgan fingerprint density at radius 1 is 1.60 bits per heavy atom. The molecule has 15 heavy (non-hydrogen) atoms. The number of benzene rings is 1. The highest BCUT2D eigenvalue weighted by atomic mass is 16.7. The van der Waals surface area contributed by atoms with E-state index in [1.54, 1.807) is 18.2 Å². The maximum absolute atomic E-state index is 11.8. The average molecular weight is 210 g/mol. The quantitative estimate of drug-likeness (QED) is 0.759. The van der Waals surface area contributed by atoms with Gasteiger partial charge < -0.3 is 14.8 Å². The molecule has 1 aromatic carbocycles. The van der Waals surface area contributed by atoms with E-state index in [0.717, 1.165) is 0 Å². The van der Waals surface area contributed by atoms with Gasteiger partial charge in [-0.25, -0.2) is 0 Å². The van der Waals surface area contributed by atoms with Gasteiger partial charge in [-0.15, -0.1) is 0 Å². The van der Waals surface area contributed by atoms with Crippen molar-refractivity contribution in [3.63, 3.8) is 0 Å². The van der Waals surface area contributed by atoms with Crippen LogP contribution < -0.4 is 14.8 Å². The van der Waals surface area contributed by atoms with E-state index in [4.69, 9.17) is 13.6 Å². The Balaban J connectivity index is 1.97.